The van der Waals surface area contributed by atoms with Gasteiger partial charge >= 0.3 is 0 Å². The predicted molar refractivity (Wildman–Crippen MR) is 68.8 cm³/mol. The van der Waals surface area contributed by atoms with Gasteiger partial charge in [0.1, 0.15) is 0 Å². The van der Waals surface area contributed by atoms with Crippen LogP contribution in [0.25, 0.3) is 0 Å². The minimum Gasteiger partial charge on any atom is -0.386 e. The van der Waals surface area contributed by atoms with E-state index in [1.165, 1.54) is 5.56 Å². The minimum atomic E-state index is -0.531. The second-order valence-electron chi connectivity index (χ2n) is 4.41. The van der Waals surface area contributed by atoms with Crippen LogP contribution in [0.2, 0.25) is 0 Å². The largest absolute Gasteiger partial charge is 0.386 e. The van der Waals surface area contributed by atoms with Gasteiger partial charge in [0.2, 0.25) is 0 Å². The van der Waals surface area contributed by atoms with Crippen LogP contribution in [-0.2, 0) is 6.42 Å². The molecule has 0 bridgehead atoms. The average molecular weight is 227 g/mol. The van der Waals surface area contributed by atoms with Crippen LogP contribution >= 0.6 is 0 Å². The summed E-state index contributed by atoms with van der Waals surface area (Å²) in [6, 6.07) is 13.9. The molecule has 0 saturated heterocycles. The molecule has 0 fully saturated rings. The summed E-state index contributed by atoms with van der Waals surface area (Å²) in [4.78, 5) is 4.34. The zero-order valence-corrected chi connectivity index (χ0v) is 10.2. The fourth-order valence-corrected chi connectivity index (χ4v) is 1.92. The number of aliphatic hydroxyl groups is 1. The van der Waals surface area contributed by atoms with Crippen LogP contribution < -0.4 is 0 Å². The van der Waals surface area contributed by atoms with Gasteiger partial charge in [-0.25, -0.2) is 0 Å². The summed E-state index contributed by atoms with van der Waals surface area (Å²) in [6.45, 7) is 3.99. The fourth-order valence-electron chi connectivity index (χ4n) is 1.92. The van der Waals surface area contributed by atoms with E-state index in [-0.39, 0.29) is 0 Å². The molecular weight excluding hydrogens is 210 g/mol. The molecule has 1 N–H and O–H groups in total. The van der Waals surface area contributed by atoms with Crippen molar-refractivity contribution < 1.29 is 5.11 Å². The molecule has 0 aliphatic heterocycles. The van der Waals surface area contributed by atoms with Crippen molar-refractivity contribution in [2.75, 3.05) is 0 Å². The van der Waals surface area contributed by atoms with E-state index in [9.17, 15) is 5.11 Å². The number of aromatic nitrogens is 1. The Morgan fingerprint density at radius 3 is 2.59 bits per heavy atom. The van der Waals surface area contributed by atoms with Gasteiger partial charge in [-0.05, 0) is 31.5 Å². The molecule has 1 unspecified atom stereocenters. The molecule has 0 spiro atoms. The average Bonchev–Trinajstić information content (AvgIpc) is 2.29. The van der Waals surface area contributed by atoms with Gasteiger partial charge in [-0.2, -0.15) is 0 Å². The maximum Gasteiger partial charge on any atom is 0.1000 e. The first-order chi connectivity index (χ1) is 8.15. The predicted octanol–water partition coefficient (Wildman–Crippen LogP) is 2.97. The van der Waals surface area contributed by atoms with Crippen molar-refractivity contribution in [1.82, 2.24) is 4.98 Å². The number of rotatable bonds is 3. The summed E-state index contributed by atoms with van der Waals surface area (Å²) in [6.07, 6.45) is 0.0784. The molecule has 0 saturated carbocycles. The Kier molecular flexibility index (Phi) is 3.55. The van der Waals surface area contributed by atoms with Crippen LogP contribution in [0.3, 0.4) is 0 Å². The van der Waals surface area contributed by atoms with Gasteiger partial charge in [-0.15, -0.1) is 0 Å². The first kappa shape index (κ1) is 11.8. The van der Waals surface area contributed by atoms with E-state index < -0.39 is 6.10 Å². The van der Waals surface area contributed by atoms with Gasteiger partial charge in [-0.3, -0.25) is 4.98 Å². The van der Waals surface area contributed by atoms with Crippen molar-refractivity contribution in [2.45, 2.75) is 26.4 Å². The van der Waals surface area contributed by atoms with Gasteiger partial charge in [-0.1, -0.05) is 35.9 Å². The van der Waals surface area contributed by atoms with Crippen LogP contribution in [0, 0.1) is 13.8 Å². The van der Waals surface area contributed by atoms with E-state index in [0.717, 1.165) is 17.0 Å². The Balaban J connectivity index is 2.14. The lowest BCUT2D eigenvalue weighted by Gasteiger charge is -2.11. The normalized spacial score (nSPS) is 12.4. The summed E-state index contributed by atoms with van der Waals surface area (Å²) in [7, 11) is 0. The van der Waals surface area contributed by atoms with E-state index in [1.807, 2.05) is 37.3 Å². The quantitative estimate of drug-likeness (QED) is 0.874. The first-order valence-corrected chi connectivity index (χ1v) is 5.82. The zero-order valence-electron chi connectivity index (χ0n) is 10.2. The van der Waals surface area contributed by atoms with Crippen molar-refractivity contribution >= 4 is 0 Å². The third-order valence-electron chi connectivity index (χ3n) is 2.76. The first-order valence-electron chi connectivity index (χ1n) is 5.82. The molecule has 1 aromatic heterocycles. The van der Waals surface area contributed by atoms with Crippen molar-refractivity contribution in [3.63, 3.8) is 0 Å². The van der Waals surface area contributed by atoms with Crippen LogP contribution in [0.5, 0.6) is 0 Å². The fraction of sp³-hybridized carbons (Fsp3) is 0.267. The summed E-state index contributed by atoms with van der Waals surface area (Å²) in [5.74, 6) is 0. The van der Waals surface area contributed by atoms with Gasteiger partial charge in [0.05, 0.1) is 11.8 Å². The smallest absolute Gasteiger partial charge is 0.1000 e. The van der Waals surface area contributed by atoms with Crippen molar-refractivity contribution in [2.24, 2.45) is 0 Å². The lowest BCUT2D eigenvalue weighted by atomic mass is 10.0. The molecule has 1 atom stereocenters. The summed E-state index contributed by atoms with van der Waals surface area (Å²) in [5, 5.41) is 10.1. The molecule has 2 nitrogen and oxygen atoms in total. The lowest BCUT2D eigenvalue weighted by molar-refractivity contribution is 0.173. The van der Waals surface area contributed by atoms with Crippen LogP contribution in [0.15, 0.2) is 42.5 Å². The molecule has 1 heterocycles. The lowest BCUT2D eigenvalue weighted by Crippen LogP contribution is -2.04. The Morgan fingerprint density at radius 2 is 1.88 bits per heavy atom. The highest BCUT2D eigenvalue weighted by Crippen LogP contribution is 2.17. The highest BCUT2D eigenvalue weighted by Gasteiger charge is 2.09. The summed E-state index contributed by atoms with van der Waals surface area (Å²) in [5.41, 5.74) is 4.03. The van der Waals surface area contributed by atoms with Gasteiger partial charge in [0.15, 0.2) is 0 Å². The number of benzene rings is 1. The molecule has 17 heavy (non-hydrogen) atoms. The minimum absolute atomic E-state index is 0.531. The number of nitrogens with zero attached hydrogens (tertiary/aromatic N) is 1. The molecular formula is C15H17NO. The Hall–Kier alpha value is -1.67. The Bertz CT molecular complexity index is 508. The topological polar surface area (TPSA) is 33.1 Å². The molecule has 0 aliphatic carbocycles. The molecule has 0 radical (unpaired) electrons. The van der Waals surface area contributed by atoms with Crippen molar-refractivity contribution in [3.05, 3.63) is 65.0 Å². The van der Waals surface area contributed by atoms with E-state index in [0.29, 0.717) is 6.42 Å². The van der Waals surface area contributed by atoms with E-state index in [4.69, 9.17) is 0 Å². The van der Waals surface area contributed by atoms with Gasteiger partial charge in [0, 0.05) is 12.1 Å². The number of hydrogen-bond donors (Lipinski definition) is 1. The molecule has 88 valence electrons. The Labute approximate surface area is 102 Å². The second kappa shape index (κ2) is 5.11. The van der Waals surface area contributed by atoms with E-state index in [2.05, 4.69) is 24.0 Å². The second-order valence-corrected chi connectivity index (χ2v) is 4.41. The van der Waals surface area contributed by atoms with Crippen molar-refractivity contribution in [1.29, 1.82) is 0 Å². The molecule has 2 aromatic rings. The third kappa shape index (κ3) is 3.14. The molecule has 1 aromatic carbocycles. The third-order valence-corrected chi connectivity index (χ3v) is 2.76. The van der Waals surface area contributed by atoms with Crippen LogP contribution in [0.4, 0.5) is 0 Å². The van der Waals surface area contributed by atoms with E-state index in [1.54, 1.807) is 0 Å². The molecule has 2 rings (SSSR count). The maximum atomic E-state index is 10.1. The number of aryl methyl sites for hydroxylation is 2. The molecule has 0 aliphatic rings. The maximum absolute atomic E-state index is 10.1. The monoisotopic (exact) mass is 227 g/mol. The molecule has 0 amide bonds. The number of hydrogen-bond acceptors (Lipinski definition) is 2. The highest BCUT2D eigenvalue weighted by molar-refractivity contribution is 5.24. The number of pyridine rings is 1. The van der Waals surface area contributed by atoms with Gasteiger partial charge in [0.25, 0.3) is 0 Å². The standard InChI is InChI=1S/C15H17NO/c1-11-5-3-7-13(9-11)10-15(17)14-8-4-6-12(2)16-14/h3-9,15,17H,10H2,1-2H3. The zero-order chi connectivity index (χ0) is 12.3. The molecule has 2 heteroatoms. The Morgan fingerprint density at radius 1 is 1.12 bits per heavy atom. The van der Waals surface area contributed by atoms with E-state index >= 15 is 0 Å². The summed E-state index contributed by atoms with van der Waals surface area (Å²) < 4.78 is 0. The summed E-state index contributed by atoms with van der Waals surface area (Å²) >= 11 is 0. The van der Waals surface area contributed by atoms with Crippen LogP contribution in [-0.4, -0.2) is 10.1 Å². The van der Waals surface area contributed by atoms with Gasteiger partial charge < -0.3 is 5.11 Å². The number of aliphatic hydroxyl groups excluding tert-OH is 1. The highest BCUT2D eigenvalue weighted by atomic mass is 16.3. The SMILES string of the molecule is Cc1cccc(CC(O)c2cccc(C)n2)c1. The van der Waals surface area contributed by atoms with Crippen LogP contribution in [0.1, 0.15) is 28.6 Å². The van der Waals surface area contributed by atoms with Crippen molar-refractivity contribution in [3.8, 4) is 0 Å².